The summed E-state index contributed by atoms with van der Waals surface area (Å²) in [5, 5.41) is 5.45. The van der Waals surface area contributed by atoms with Crippen LogP contribution in [-0.4, -0.2) is 30.5 Å². The maximum atomic E-state index is 11.9. The maximum Gasteiger partial charge on any atom is 0.229 e. The lowest BCUT2D eigenvalue weighted by Gasteiger charge is -2.21. The number of piperidine rings is 1. The van der Waals surface area contributed by atoms with Gasteiger partial charge in [-0.2, -0.15) is 0 Å². The summed E-state index contributed by atoms with van der Waals surface area (Å²) in [5.41, 5.74) is 0.623. The summed E-state index contributed by atoms with van der Waals surface area (Å²) in [5.74, 6) is 0.231. The molecule has 96 valence electrons. The third-order valence-corrected chi connectivity index (χ3v) is 2.85. The van der Waals surface area contributed by atoms with E-state index < -0.39 is 0 Å². The number of carbonyl (C=O) groups excluding carboxylic acids is 2. The van der Waals surface area contributed by atoms with E-state index >= 15 is 0 Å². The van der Waals surface area contributed by atoms with Crippen molar-refractivity contribution in [1.82, 2.24) is 10.3 Å². The fourth-order valence-electron chi connectivity index (χ4n) is 1.78. The number of anilines is 1. The number of rotatable bonds is 3. The summed E-state index contributed by atoms with van der Waals surface area (Å²) < 4.78 is 4.93. The molecule has 1 aromatic heterocycles. The van der Waals surface area contributed by atoms with E-state index in [4.69, 9.17) is 4.74 Å². The number of methoxy groups -OCH3 is 1. The smallest absolute Gasteiger partial charge is 0.229 e. The van der Waals surface area contributed by atoms with Crippen molar-refractivity contribution in [3.05, 3.63) is 18.3 Å². The fraction of sp³-hybridized carbons (Fsp3) is 0.417. The Bertz CT molecular complexity index is 434. The molecular formula is C12H15N3O3. The summed E-state index contributed by atoms with van der Waals surface area (Å²) in [6.07, 6.45) is 2.53. The van der Waals surface area contributed by atoms with Gasteiger partial charge >= 0.3 is 0 Å². The molecule has 1 aliphatic rings. The number of nitrogens with zero attached hydrogens (tertiary/aromatic N) is 1. The van der Waals surface area contributed by atoms with Crippen LogP contribution in [0.25, 0.3) is 0 Å². The third-order valence-electron chi connectivity index (χ3n) is 2.85. The SMILES string of the molecule is COc1ccc(NC(=O)C2CCC(=O)NC2)cn1. The van der Waals surface area contributed by atoms with Crippen molar-refractivity contribution in [2.75, 3.05) is 19.0 Å². The summed E-state index contributed by atoms with van der Waals surface area (Å²) in [4.78, 5) is 26.9. The molecule has 0 saturated carbocycles. The van der Waals surface area contributed by atoms with Gasteiger partial charge in [0.15, 0.2) is 0 Å². The minimum atomic E-state index is -0.176. The average Bonchev–Trinajstić information content (AvgIpc) is 2.40. The molecule has 0 bridgehead atoms. The monoisotopic (exact) mass is 249 g/mol. The van der Waals surface area contributed by atoms with E-state index in [1.807, 2.05) is 0 Å². The normalized spacial score (nSPS) is 18.9. The van der Waals surface area contributed by atoms with Crippen LogP contribution in [0, 0.1) is 5.92 Å². The molecule has 6 nitrogen and oxygen atoms in total. The standard InChI is InChI=1S/C12H15N3O3/c1-18-11-5-3-9(7-14-11)15-12(17)8-2-4-10(16)13-6-8/h3,5,7-8H,2,4,6H2,1H3,(H,13,16)(H,15,17). The minimum absolute atomic E-state index is 0.00478. The molecule has 1 aliphatic heterocycles. The van der Waals surface area contributed by atoms with Gasteiger partial charge in [-0.05, 0) is 12.5 Å². The van der Waals surface area contributed by atoms with Crippen LogP contribution in [-0.2, 0) is 9.59 Å². The highest BCUT2D eigenvalue weighted by Crippen LogP contribution is 2.15. The predicted octanol–water partition coefficient (Wildman–Crippen LogP) is 0.555. The first kappa shape index (κ1) is 12.3. The van der Waals surface area contributed by atoms with E-state index in [1.165, 1.54) is 13.3 Å². The molecular weight excluding hydrogens is 234 g/mol. The minimum Gasteiger partial charge on any atom is -0.481 e. The van der Waals surface area contributed by atoms with Gasteiger partial charge < -0.3 is 15.4 Å². The molecule has 1 unspecified atom stereocenters. The van der Waals surface area contributed by atoms with E-state index in [9.17, 15) is 9.59 Å². The second-order valence-electron chi connectivity index (χ2n) is 4.12. The second kappa shape index (κ2) is 5.48. The van der Waals surface area contributed by atoms with E-state index in [0.29, 0.717) is 31.0 Å². The van der Waals surface area contributed by atoms with Crippen LogP contribution in [0.1, 0.15) is 12.8 Å². The topological polar surface area (TPSA) is 80.3 Å². The van der Waals surface area contributed by atoms with Gasteiger partial charge in [0.05, 0.1) is 24.9 Å². The fourth-order valence-corrected chi connectivity index (χ4v) is 1.78. The van der Waals surface area contributed by atoms with E-state index in [0.717, 1.165) is 0 Å². The zero-order valence-electron chi connectivity index (χ0n) is 10.1. The van der Waals surface area contributed by atoms with Gasteiger partial charge in [0.25, 0.3) is 0 Å². The average molecular weight is 249 g/mol. The Labute approximate surface area is 105 Å². The zero-order valence-corrected chi connectivity index (χ0v) is 10.1. The molecule has 2 N–H and O–H groups in total. The highest BCUT2D eigenvalue weighted by molar-refractivity contribution is 5.93. The number of amides is 2. The Morgan fingerprint density at radius 2 is 2.39 bits per heavy atom. The molecule has 1 fully saturated rings. The van der Waals surface area contributed by atoms with Crippen molar-refractivity contribution in [3.8, 4) is 5.88 Å². The zero-order chi connectivity index (χ0) is 13.0. The summed E-state index contributed by atoms with van der Waals surface area (Å²) in [7, 11) is 1.53. The van der Waals surface area contributed by atoms with Gasteiger partial charge in [0.2, 0.25) is 17.7 Å². The number of aromatic nitrogens is 1. The lowest BCUT2D eigenvalue weighted by atomic mass is 9.98. The quantitative estimate of drug-likeness (QED) is 0.820. The highest BCUT2D eigenvalue weighted by atomic mass is 16.5. The summed E-state index contributed by atoms with van der Waals surface area (Å²) >= 11 is 0. The first-order valence-corrected chi connectivity index (χ1v) is 5.76. The first-order chi connectivity index (χ1) is 8.69. The molecule has 2 rings (SSSR count). The second-order valence-corrected chi connectivity index (χ2v) is 4.12. The van der Waals surface area contributed by atoms with Crippen molar-refractivity contribution < 1.29 is 14.3 Å². The van der Waals surface area contributed by atoms with Crippen molar-refractivity contribution in [2.24, 2.45) is 5.92 Å². The van der Waals surface area contributed by atoms with Gasteiger partial charge in [0, 0.05) is 19.0 Å². The van der Waals surface area contributed by atoms with Gasteiger partial charge in [-0.1, -0.05) is 0 Å². The Kier molecular flexibility index (Phi) is 3.76. The molecule has 18 heavy (non-hydrogen) atoms. The third kappa shape index (κ3) is 2.97. The van der Waals surface area contributed by atoms with Crippen LogP contribution in [0.5, 0.6) is 5.88 Å². The lowest BCUT2D eigenvalue weighted by Crippen LogP contribution is -2.40. The first-order valence-electron chi connectivity index (χ1n) is 5.76. The van der Waals surface area contributed by atoms with Crippen LogP contribution in [0.4, 0.5) is 5.69 Å². The molecule has 6 heteroatoms. The van der Waals surface area contributed by atoms with Crippen molar-refractivity contribution >= 4 is 17.5 Å². The number of pyridine rings is 1. The van der Waals surface area contributed by atoms with Crippen LogP contribution < -0.4 is 15.4 Å². The molecule has 0 aromatic carbocycles. The van der Waals surface area contributed by atoms with Crippen molar-refractivity contribution in [2.45, 2.75) is 12.8 Å². The van der Waals surface area contributed by atoms with Gasteiger partial charge in [0.1, 0.15) is 0 Å². The predicted molar refractivity (Wildman–Crippen MR) is 65.2 cm³/mol. The molecule has 0 radical (unpaired) electrons. The van der Waals surface area contributed by atoms with E-state index in [1.54, 1.807) is 12.1 Å². The number of hydrogen-bond donors (Lipinski definition) is 2. The van der Waals surface area contributed by atoms with Crippen LogP contribution >= 0.6 is 0 Å². The van der Waals surface area contributed by atoms with Crippen molar-refractivity contribution in [1.29, 1.82) is 0 Å². The molecule has 1 saturated heterocycles. The largest absolute Gasteiger partial charge is 0.481 e. The van der Waals surface area contributed by atoms with E-state index in [-0.39, 0.29) is 17.7 Å². The molecule has 0 aliphatic carbocycles. The van der Waals surface area contributed by atoms with Crippen LogP contribution in [0.2, 0.25) is 0 Å². The van der Waals surface area contributed by atoms with Crippen molar-refractivity contribution in [3.63, 3.8) is 0 Å². The lowest BCUT2D eigenvalue weighted by molar-refractivity contribution is -0.126. The van der Waals surface area contributed by atoms with Gasteiger partial charge in [-0.3, -0.25) is 9.59 Å². The number of carbonyl (C=O) groups is 2. The molecule has 0 spiro atoms. The molecule has 1 aromatic rings. The maximum absolute atomic E-state index is 11.9. The Morgan fingerprint density at radius 3 is 2.94 bits per heavy atom. The van der Waals surface area contributed by atoms with Crippen LogP contribution in [0.15, 0.2) is 18.3 Å². The summed E-state index contributed by atoms with van der Waals surface area (Å²) in [6, 6.07) is 3.41. The Hall–Kier alpha value is -2.11. The molecule has 2 amide bonds. The number of hydrogen-bond acceptors (Lipinski definition) is 4. The highest BCUT2D eigenvalue weighted by Gasteiger charge is 2.24. The van der Waals surface area contributed by atoms with E-state index in [2.05, 4.69) is 15.6 Å². The van der Waals surface area contributed by atoms with Gasteiger partial charge in [-0.25, -0.2) is 4.98 Å². The number of ether oxygens (including phenoxy) is 1. The molecule has 2 heterocycles. The Balaban J connectivity index is 1.92. The molecule has 1 atom stereocenters. The Morgan fingerprint density at radius 1 is 1.56 bits per heavy atom. The van der Waals surface area contributed by atoms with Gasteiger partial charge in [-0.15, -0.1) is 0 Å². The van der Waals surface area contributed by atoms with Crippen LogP contribution in [0.3, 0.4) is 0 Å². The summed E-state index contributed by atoms with van der Waals surface area (Å²) in [6.45, 7) is 0.397. The number of nitrogens with one attached hydrogen (secondary N) is 2.